The van der Waals surface area contributed by atoms with Gasteiger partial charge in [-0.1, -0.05) is 71.1 Å². The molecule has 0 aliphatic rings. The summed E-state index contributed by atoms with van der Waals surface area (Å²) in [5, 5.41) is 0. The van der Waals surface area contributed by atoms with Gasteiger partial charge in [0.05, 0.1) is 14.4 Å². The Morgan fingerprint density at radius 1 is 0.720 bits per heavy atom. The molecule has 0 amide bonds. The molecular formula is C13H30K2O8P2. The van der Waals surface area contributed by atoms with Crippen molar-refractivity contribution in [3.8, 4) is 0 Å². The first-order valence-corrected chi connectivity index (χ1v) is 11.0. The van der Waals surface area contributed by atoms with Crippen LogP contribution in [0.4, 0.5) is 0 Å². The quantitative estimate of drug-likeness (QED) is 0.146. The Balaban J connectivity index is -0.000000276. The van der Waals surface area contributed by atoms with Crippen LogP contribution in [0.15, 0.2) is 0 Å². The van der Waals surface area contributed by atoms with Gasteiger partial charge in [-0.2, -0.15) is 0 Å². The van der Waals surface area contributed by atoms with Gasteiger partial charge in [0.1, 0.15) is 0 Å². The summed E-state index contributed by atoms with van der Waals surface area (Å²) in [5.41, 5.74) is 0. The first kappa shape index (κ1) is 35.9. The van der Waals surface area contributed by atoms with E-state index < -0.39 is 15.6 Å². The van der Waals surface area contributed by atoms with E-state index in [9.17, 15) is 4.57 Å². The van der Waals surface area contributed by atoms with Crippen LogP contribution >= 0.6 is 15.6 Å². The SMILES string of the molecule is CCCCCCCCCCCCCOP(=O)(O)O.O=P([O-])([O-])O.[K+].[K+]. The van der Waals surface area contributed by atoms with Crippen molar-refractivity contribution in [2.75, 3.05) is 6.61 Å². The predicted octanol–water partition coefficient (Wildman–Crippen LogP) is -3.78. The minimum absolute atomic E-state index is 0. The Morgan fingerprint density at radius 2 is 1.00 bits per heavy atom. The molecule has 0 fully saturated rings. The van der Waals surface area contributed by atoms with E-state index in [0.29, 0.717) is 0 Å². The summed E-state index contributed by atoms with van der Waals surface area (Å²) in [7, 11) is -9.38. The van der Waals surface area contributed by atoms with Gasteiger partial charge < -0.3 is 29.0 Å². The molecule has 142 valence electrons. The third-order valence-corrected chi connectivity index (χ3v) is 3.53. The topological polar surface area (TPSA) is 150 Å². The van der Waals surface area contributed by atoms with E-state index in [4.69, 9.17) is 29.0 Å². The molecule has 0 rings (SSSR count). The molecule has 25 heavy (non-hydrogen) atoms. The second-order valence-corrected chi connectivity index (χ2v) is 7.50. The van der Waals surface area contributed by atoms with Crippen LogP contribution in [0.5, 0.6) is 0 Å². The zero-order chi connectivity index (χ0) is 18.2. The second-order valence-electron chi connectivity index (χ2n) is 5.33. The summed E-state index contributed by atoms with van der Waals surface area (Å²) in [6, 6.07) is 0. The molecule has 0 saturated heterocycles. The van der Waals surface area contributed by atoms with Gasteiger partial charge in [-0.15, -0.1) is 0 Å². The summed E-state index contributed by atoms with van der Waals surface area (Å²) in [4.78, 5) is 41.2. The number of rotatable bonds is 13. The minimum Gasteiger partial charge on any atom is -0.790 e. The number of hydrogen-bond donors (Lipinski definition) is 3. The number of phosphoric ester groups is 1. The molecule has 8 nitrogen and oxygen atoms in total. The monoisotopic (exact) mass is 454 g/mol. The largest absolute Gasteiger partial charge is 1.00 e. The summed E-state index contributed by atoms with van der Waals surface area (Å²) in [5.74, 6) is 0. The normalized spacial score (nSPS) is 11.0. The fourth-order valence-corrected chi connectivity index (χ4v) is 2.32. The fraction of sp³-hybridized carbons (Fsp3) is 1.00. The van der Waals surface area contributed by atoms with E-state index in [-0.39, 0.29) is 109 Å². The molecule has 0 aromatic rings. The zero-order valence-electron chi connectivity index (χ0n) is 15.8. The average Bonchev–Trinajstić information content (AvgIpc) is 2.37. The number of unbranched alkanes of at least 4 members (excludes halogenated alkanes) is 10. The number of hydrogen-bond acceptors (Lipinski definition) is 5. The zero-order valence-corrected chi connectivity index (χ0v) is 23.8. The van der Waals surface area contributed by atoms with Crippen LogP contribution in [0, 0.1) is 0 Å². The maximum atomic E-state index is 10.4. The minimum atomic E-state index is -5.14. The summed E-state index contributed by atoms with van der Waals surface area (Å²) in [6.45, 7) is 2.40. The second kappa shape index (κ2) is 23.8. The van der Waals surface area contributed by atoms with E-state index in [2.05, 4.69) is 11.4 Å². The van der Waals surface area contributed by atoms with Crippen molar-refractivity contribution in [1.82, 2.24) is 0 Å². The Morgan fingerprint density at radius 3 is 1.28 bits per heavy atom. The molecule has 0 aliphatic carbocycles. The Bertz CT molecular complexity index is 341. The predicted molar refractivity (Wildman–Crippen MR) is 84.3 cm³/mol. The van der Waals surface area contributed by atoms with Crippen LogP contribution in [-0.4, -0.2) is 21.3 Å². The molecule has 0 unspecified atom stereocenters. The number of phosphoric acid groups is 2. The van der Waals surface area contributed by atoms with E-state index in [1.54, 1.807) is 0 Å². The van der Waals surface area contributed by atoms with Crippen molar-refractivity contribution in [2.24, 2.45) is 0 Å². The van der Waals surface area contributed by atoms with Crippen LogP contribution in [-0.2, 0) is 13.7 Å². The van der Waals surface area contributed by atoms with Crippen LogP contribution in [0.3, 0.4) is 0 Å². The summed E-state index contributed by atoms with van der Waals surface area (Å²) < 4.78 is 23.4. The first-order chi connectivity index (χ1) is 10.6. The molecule has 0 aliphatic heterocycles. The first-order valence-electron chi connectivity index (χ1n) is 8.01. The van der Waals surface area contributed by atoms with Crippen LogP contribution in [0.1, 0.15) is 77.6 Å². The maximum absolute atomic E-state index is 10.4. The maximum Gasteiger partial charge on any atom is 1.00 e. The molecule has 0 aromatic carbocycles. The van der Waals surface area contributed by atoms with Gasteiger partial charge in [0.2, 0.25) is 0 Å². The standard InChI is InChI=1S/C13H29O4P.2K.H3O4P/c1-2-3-4-5-6-7-8-9-10-11-12-13-17-18(14,15)16;;;1-5(2,3)4/h2-13H2,1H3,(H2,14,15,16);;;(H3,1,2,3,4)/q;2*+1;/p-2. The van der Waals surface area contributed by atoms with Gasteiger partial charge in [0, 0.05) is 0 Å². The van der Waals surface area contributed by atoms with Crippen molar-refractivity contribution >= 4 is 15.6 Å². The van der Waals surface area contributed by atoms with Gasteiger partial charge in [-0.25, -0.2) is 4.57 Å². The van der Waals surface area contributed by atoms with Gasteiger partial charge in [-0.05, 0) is 6.42 Å². The molecule has 0 aromatic heterocycles. The van der Waals surface area contributed by atoms with E-state index >= 15 is 0 Å². The van der Waals surface area contributed by atoms with Crippen molar-refractivity contribution < 1.29 is 141 Å². The molecule has 0 bridgehead atoms. The van der Waals surface area contributed by atoms with Crippen LogP contribution in [0.2, 0.25) is 0 Å². The fourth-order valence-electron chi connectivity index (χ4n) is 1.95. The van der Waals surface area contributed by atoms with E-state index in [1.165, 1.54) is 51.4 Å². The van der Waals surface area contributed by atoms with Crippen molar-refractivity contribution in [3.63, 3.8) is 0 Å². The molecule has 0 radical (unpaired) electrons. The molecule has 0 spiro atoms. The van der Waals surface area contributed by atoms with Gasteiger partial charge in [-0.3, -0.25) is 4.52 Å². The van der Waals surface area contributed by atoms with Gasteiger partial charge in [0.15, 0.2) is 0 Å². The van der Waals surface area contributed by atoms with Gasteiger partial charge in [0.25, 0.3) is 0 Å². The van der Waals surface area contributed by atoms with Crippen LogP contribution in [0.25, 0.3) is 0 Å². The molecular weight excluding hydrogens is 424 g/mol. The van der Waals surface area contributed by atoms with Crippen molar-refractivity contribution in [3.05, 3.63) is 0 Å². The third kappa shape index (κ3) is 52.2. The molecule has 0 atom stereocenters. The van der Waals surface area contributed by atoms with Gasteiger partial charge >= 0.3 is 111 Å². The van der Waals surface area contributed by atoms with Crippen molar-refractivity contribution in [2.45, 2.75) is 77.6 Å². The summed E-state index contributed by atoms with van der Waals surface area (Å²) in [6.07, 6.45) is 13.5. The summed E-state index contributed by atoms with van der Waals surface area (Å²) >= 11 is 0. The van der Waals surface area contributed by atoms with Crippen molar-refractivity contribution in [1.29, 1.82) is 0 Å². The molecule has 0 saturated carbocycles. The molecule has 0 heterocycles. The third-order valence-electron chi connectivity index (χ3n) is 3.01. The van der Waals surface area contributed by atoms with E-state index in [1.807, 2.05) is 0 Å². The Hall–Kier alpha value is 3.49. The molecule has 12 heteroatoms. The Labute approximate surface area is 236 Å². The molecule has 3 N–H and O–H groups in total. The van der Waals surface area contributed by atoms with E-state index in [0.717, 1.165) is 19.3 Å². The Kier molecular flexibility index (Phi) is 34.1. The van der Waals surface area contributed by atoms with Crippen LogP contribution < -0.4 is 113 Å². The average molecular weight is 455 g/mol. The smallest absolute Gasteiger partial charge is 0.790 e.